The summed E-state index contributed by atoms with van der Waals surface area (Å²) in [5.41, 5.74) is 4.00. The van der Waals surface area contributed by atoms with Crippen molar-refractivity contribution in [1.82, 2.24) is 0 Å². The molecule has 202 valence electrons. The Kier molecular flexibility index (Phi) is 11.2. The maximum absolute atomic E-state index is 12.6. The molecule has 0 bridgehead atoms. The molecule has 0 aromatic heterocycles. The van der Waals surface area contributed by atoms with Crippen LogP contribution in [0.3, 0.4) is 0 Å². The van der Waals surface area contributed by atoms with Gasteiger partial charge in [-0.05, 0) is 67.3 Å². The number of esters is 3. The van der Waals surface area contributed by atoms with Gasteiger partial charge in [-0.25, -0.2) is 14.4 Å². The van der Waals surface area contributed by atoms with Crippen LogP contribution in [0.5, 0.6) is 17.2 Å². The number of carbonyl (C=O) groups is 3. The fourth-order valence-corrected chi connectivity index (χ4v) is 3.15. The normalized spacial score (nSPS) is 9.87. The van der Waals surface area contributed by atoms with E-state index in [0.717, 1.165) is 16.7 Å². The molecule has 6 nitrogen and oxygen atoms in total. The van der Waals surface area contributed by atoms with E-state index in [0.29, 0.717) is 46.0 Å². The molecule has 39 heavy (non-hydrogen) atoms. The molecule has 6 heteroatoms. The molecule has 3 rings (SSSR count). The number of ether oxygens (including phenoxy) is 3. The van der Waals surface area contributed by atoms with E-state index in [1.54, 1.807) is 68.4 Å². The first kappa shape index (κ1) is 30.5. The molecule has 0 radical (unpaired) electrons. The van der Waals surface area contributed by atoms with Crippen molar-refractivity contribution in [3.05, 3.63) is 103 Å². The maximum Gasteiger partial charge on any atom is 0.338 e. The lowest BCUT2D eigenvalue weighted by Gasteiger charge is -2.14. The molecule has 3 aromatic carbocycles. The number of rotatable bonds is 9. The zero-order valence-corrected chi connectivity index (χ0v) is 23.1. The van der Waals surface area contributed by atoms with E-state index < -0.39 is 17.9 Å². The minimum absolute atomic E-state index is 0.298. The largest absolute Gasteiger partial charge is 0.423 e. The molecule has 0 saturated heterocycles. The highest BCUT2D eigenvalue weighted by Gasteiger charge is 2.15. The molecule has 0 aliphatic rings. The Balaban J connectivity index is 0.00000260. The quantitative estimate of drug-likeness (QED) is 0.160. The summed E-state index contributed by atoms with van der Waals surface area (Å²) >= 11 is 0. The molecule has 0 saturated carbocycles. The molecule has 0 unspecified atom stereocenters. The average Bonchev–Trinajstić information content (AvgIpc) is 2.94. The van der Waals surface area contributed by atoms with E-state index in [4.69, 9.17) is 14.2 Å². The monoisotopic (exact) mass is 526 g/mol. The number of carbonyl (C=O) groups excluding carboxylic acids is 3. The van der Waals surface area contributed by atoms with Gasteiger partial charge in [-0.1, -0.05) is 76.9 Å². The second-order valence-electron chi connectivity index (χ2n) is 8.45. The summed E-state index contributed by atoms with van der Waals surface area (Å²) in [5.74, 6) is -0.407. The van der Waals surface area contributed by atoms with E-state index in [9.17, 15) is 14.4 Å². The van der Waals surface area contributed by atoms with Crippen molar-refractivity contribution in [3.8, 4) is 39.5 Å². The van der Waals surface area contributed by atoms with Crippen LogP contribution >= 0.6 is 0 Å². The van der Waals surface area contributed by atoms with Gasteiger partial charge in [0.05, 0.1) is 0 Å². The summed E-state index contributed by atoms with van der Waals surface area (Å²) < 4.78 is 16.2. The first-order valence-electron chi connectivity index (χ1n) is 12.6. The fourth-order valence-electron chi connectivity index (χ4n) is 3.15. The van der Waals surface area contributed by atoms with Crippen LogP contribution in [0.2, 0.25) is 0 Å². The van der Waals surface area contributed by atoms with Crippen molar-refractivity contribution in [3.63, 3.8) is 0 Å². The van der Waals surface area contributed by atoms with E-state index in [2.05, 4.69) is 19.7 Å². The van der Waals surface area contributed by atoms with Gasteiger partial charge in [-0.2, -0.15) is 0 Å². The van der Waals surface area contributed by atoms with Gasteiger partial charge >= 0.3 is 17.9 Å². The lowest BCUT2D eigenvalue weighted by atomic mass is 9.99. The van der Waals surface area contributed by atoms with Crippen LogP contribution in [0.15, 0.2) is 103 Å². The topological polar surface area (TPSA) is 78.9 Å². The Labute approximate surface area is 230 Å². The van der Waals surface area contributed by atoms with Gasteiger partial charge in [-0.3, -0.25) is 0 Å². The molecule has 0 aliphatic carbocycles. The summed E-state index contributed by atoms with van der Waals surface area (Å²) in [4.78, 5) is 36.1. The third-order valence-corrected chi connectivity index (χ3v) is 5.37. The Morgan fingerprint density at radius 3 is 1.49 bits per heavy atom. The van der Waals surface area contributed by atoms with Crippen LogP contribution in [-0.2, 0) is 14.4 Å². The van der Waals surface area contributed by atoms with Gasteiger partial charge in [0.1, 0.15) is 17.2 Å². The number of hydrogen-bond donors (Lipinski definition) is 0. The highest BCUT2D eigenvalue weighted by atomic mass is 16.5. The first-order chi connectivity index (χ1) is 18.6. The van der Waals surface area contributed by atoms with Gasteiger partial charge in [0.2, 0.25) is 0 Å². The van der Waals surface area contributed by atoms with Crippen LogP contribution in [0.4, 0.5) is 0 Å². The van der Waals surface area contributed by atoms with Crippen LogP contribution in [0.25, 0.3) is 22.3 Å². The summed E-state index contributed by atoms with van der Waals surface area (Å²) in [6, 6.07) is 19.3. The molecule has 0 amide bonds. The minimum Gasteiger partial charge on any atom is -0.423 e. The third-order valence-electron chi connectivity index (χ3n) is 5.37. The van der Waals surface area contributed by atoms with Crippen LogP contribution in [-0.4, -0.2) is 17.9 Å². The van der Waals surface area contributed by atoms with E-state index >= 15 is 0 Å². The Morgan fingerprint density at radius 2 is 1.05 bits per heavy atom. The highest BCUT2D eigenvalue weighted by Crippen LogP contribution is 2.36. The zero-order valence-electron chi connectivity index (χ0n) is 23.1. The average molecular weight is 527 g/mol. The lowest BCUT2D eigenvalue weighted by Crippen LogP contribution is -2.10. The molecule has 0 fully saturated rings. The Morgan fingerprint density at radius 1 is 0.615 bits per heavy atom. The van der Waals surface area contributed by atoms with Crippen LogP contribution < -0.4 is 14.2 Å². The van der Waals surface area contributed by atoms with Crippen molar-refractivity contribution in [1.29, 1.82) is 0 Å². The molecule has 0 heterocycles. The molecule has 0 N–H and O–H groups in total. The van der Waals surface area contributed by atoms with Crippen molar-refractivity contribution in [2.45, 2.75) is 41.0 Å². The van der Waals surface area contributed by atoms with Gasteiger partial charge in [-0.15, -0.1) is 0 Å². The van der Waals surface area contributed by atoms with Crippen molar-refractivity contribution >= 4 is 17.9 Å². The Hall–Kier alpha value is -4.71. The highest BCUT2D eigenvalue weighted by molar-refractivity contribution is 5.92. The minimum atomic E-state index is -0.519. The number of hydrogen-bond acceptors (Lipinski definition) is 6. The second-order valence-corrected chi connectivity index (χ2v) is 8.45. The van der Waals surface area contributed by atoms with E-state index in [1.165, 1.54) is 0 Å². The van der Waals surface area contributed by atoms with E-state index in [1.807, 2.05) is 32.9 Å². The van der Waals surface area contributed by atoms with Crippen LogP contribution in [0, 0.1) is 0 Å². The predicted octanol–water partition coefficient (Wildman–Crippen LogP) is 7.88. The molecule has 0 aliphatic heterocycles. The summed E-state index contributed by atoms with van der Waals surface area (Å²) in [5, 5.41) is 0. The first-order valence-corrected chi connectivity index (χ1v) is 12.6. The van der Waals surface area contributed by atoms with Crippen molar-refractivity contribution in [2.24, 2.45) is 0 Å². The van der Waals surface area contributed by atoms with Gasteiger partial charge in [0.15, 0.2) is 0 Å². The zero-order chi connectivity index (χ0) is 29.1. The van der Waals surface area contributed by atoms with E-state index in [-0.39, 0.29) is 0 Å². The van der Waals surface area contributed by atoms with Crippen molar-refractivity contribution in [2.75, 3.05) is 0 Å². The van der Waals surface area contributed by atoms with Crippen LogP contribution in [0.1, 0.15) is 41.0 Å². The van der Waals surface area contributed by atoms with Gasteiger partial charge in [0.25, 0.3) is 0 Å². The Bertz CT molecular complexity index is 1380. The van der Waals surface area contributed by atoms with Crippen molar-refractivity contribution < 1.29 is 28.6 Å². The third kappa shape index (κ3) is 8.40. The molecular weight excluding hydrogens is 492 g/mol. The SMILES string of the molecule is C=C(C)C(=O)Oc1ccc(-c2ccc(-c3ccc(OC(=O)C(=C)C)cc3)c(OC(=O)C(=C)CC)c2)cc1.CC. The molecule has 0 spiro atoms. The molecule has 3 aromatic rings. The summed E-state index contributed by atoms with van der Waals surface area (Å²) in [7, 11) is 0. The summed E-state index contributed by atoms with van der Waals surface area (Å²) in [6.45, 7) is 19.9. The molecule has 0 atom stereocenters. The second kappa shape index (κ2) is 14.3. The molecular formula is C33H34O6. The predicted molar refractivity (Wildman–Crippen MR) is 155 cm³/mol. The maximum atomic E-state index is 12.6. The van der Waals surface area contributed by atoms with Gasteiger partial charge in [0, 0.05) is 22.3 Å². The summed E-state index contributed by atoms with van der Waals surface area (Å²) in [6.07, 6.45) is 0.459. The van der Waals surface area contributed by atoms with Gasteiger partial charge < -0.3 is 14.2 Å². The fraction of sp³-hybridized carbons (Fsp3) is 0.182. The standard InChI is InChI=1S/C31H28O6.C2H6/c1-7-21(6)31(34)37-28-18-24(22-8-13-25(14-9-22)35-29(32)19(2)3)12-17-27(28)23-10-15-26(16-11-23)36-30(33)20(4)5;1-2/h8-18H,2,4,6-7H2,1,3,5H3;1-2H3. The number of benzene rings is 3. The lowest BCUT2D eigenvalue weighted by molar-refractivity contribution is -0.131. The smallest absolute Gasteiger partial charge is 0.338 e.